The zero-order chi connectivity index (χ0) is 13.8. The summed E-state index contributed by atoms with van der Waals surface area (Å²) in [6, 6.07) is 10.9. The molecule has 0 aliphatic rings. The molecule has 1 heterocycles. The Morgan fingerprint density at radius 3 is 2.63 bits per heavy atom. The van der Waals surface area contributed by atoms with Gasteiger partial charge in [-0.25, -0.2) is 0 Å². The third-order valence-electron chi connectivity index (χ3n) is 2.76. The van der Waals surface area contributed by atoms with E-state index in [0.29, 0.717) is 5.56 Å². The van der Waals surface area contributed by atoms with Crippen molar-refractivity contribution in [2.45, 2.75) is 6.10 Å². The van der Waals surface area contributed by atoms with E-state index in [2.05, 4.69) is 15.9 Å². The van der Waals surface area contributed by atoms with E-state index >= 15 is 0 Å². The van der Waals surface area contributed by atoms with Gasteiger partial charge in [-0.05, 0) is 35.7 Å². The first kappa shape index (κ1) is 14.2. The molecule has 100 valence electrons. The van der Waals surface area contributed by atoms with Gasteiger partial charge in [-0.15, -0.1) is 11.3 Å². The van der Waals surface area contributed by atoms with Gasteiger partial charge in [0.05, 0.1) is 6.54 Å². The van der Waals surface area contributed by atoms with Gasteiger partial charge in [0.1, 0.15) is 6.10 Å². The predicted octanol–water partition coefficient (Wildman–Crippen LogP) is 3.32. The van der Waals surface area contributed by atoms with Crippen molar-refractivity contribution in [1.82, 2.24) is 4.90 Å². The maximum atomic E-state index is 12.2. The molecule has 5 heteroatoms. The first-order chi connectivity index (χ1) is 9.08. The van der Waals surface area contributed by atoms with Gasteiger partial charge >= 0.3 is 0 Å². The number of hydrogen-bond acceptors (Lipinski definition) is 3. The Bertz CT molecular complexity index is 539. The molecule has 19 heavy (non-hydrogen) atoms. The first-order valence-electron chi connectivity index (χ1n) is 5.80. The topological polar surface area (TPSA) is 40.5 Å². The molecular weight excluding hydrogens is 326 g/mol. The average molecular weight is 340 g/mol. The zero-order valence-corrected chi connectivity index (χ0v) is 12.8. The van der Waals surface area contributed by atoms with Crippen LogP contribution in [0.5, 0.6) is 0 Å². The minimum atomic E-state index is -0.635. The number of hydrogen-bond donors (Lipinski definition) is 1. The van der Waals surface area contributed by atoms with E-state index in [0.717, 1.165) is 9.35 Å². The third-order valence-corrected chi connectivity index (χ3v) is 4.26. The summed E-state index contributed by atoms with van der Waals surface area (Å²) in [6.45, 7) is 0.287. The Balaban J connectivity index is 2.01. The lowest BCUT2D eigenvalue weighted by molar-refractivity contribution is 0.0685. The van der Waals surface area contributed by atoms with Crippen molar-refractivity contribution in [3.8, 4) is 0 Å². The van der Waals surface area contributed by atoms with Crippen molar-refractivity contribution >= 4 is 33.2 Å². The summed E-state index contributed by atoms with van der Waals surface area (Å²) < 4.78 is 0.935. The summed E-state index contributed by atoms with van der Waals surface area (Å²) in [4.78, 5) is 14.6. The second kappa shape index (κ2) is 6.32. The summed E-state index contributed by atoms with van der Waals surface area (Å²) in [6.07, 6.45) is -0.635. The van der Waals surface area contributed by atoms with Crippen molar-refractivity contribution < 1.29 is 9.90 Å². The van der Waals surface area contributed by atoms with E-state index in [4.69, 9.17) is 0 Å². The minimum absolute atomic E-state index is 0.0943. The first-order valence-corrected chi connectivity index (χ1v) is 7.47. The van der Waals surface area contributed by atoms with Crippen molar-refractivity contribution in [2.75, 3.05) is 13.6 Å². The number of amides is 1. The van der Waals surface area contributed by atoms with E-state index in [1.807, 2.05) is 29.6 Å². The lowest BCUT2D eigenvalue weighted by atomic mass is 10.2. The number of benzene rings is 1. The van der Waals surface area contributed by atoms with Gasteiger partial charge in [0.15, 0.2) is 0 Å². The molecular formula is C14H14BrNO2S. The fraction of sp³-hybridized carbons (Fsp3) is 0.214. The molecule has 1 aromatic heterocycles. The van der Waals surface area contributed by atoms with Crippen LogP contribution in [0.15, 0.2) is 46.3 Å². The molecule has 0 aliphatic heterocycles. The zero-order valence-electron chi connectivity index (χ0n) is 10.4. The van der Waals surface area contributed by atoms with Crippen LogP contribution in [0, 0.1) is 0 Å². The Morgan fingerprint density at radius 2 is 2.05 bits per heavy atom. The number of aliphatic hydroxyl groups is 1. The fourth-order valence-electron chi connectivity index (χ4n) is 1.73. The summed E-state index contributed by atoms with van der Waals surface area (Å²) in [5.41, 5.74) is 0.615. The van der Waals surface area contributed by atoms with Crippen molar-refractivity contribution in [1.29, 1.82) is 0 Å². The Kier molecular flexibility index (Phi) is 4.74. The second-order valence-electron chi connectivity index (χ2n) is 4.22. The molecule has 0 saturated heterocycles. The lowest BCUT2D eigenvalue weighted by Gasteiger charge is -2.20. The van der Waals surface area contributed by atoms with E-state index in [1.54, 1.807) is 19.2 Å². The van der Waals surface area contributed by atoms with Crippen LogP contribution in [0.3, 0.4) is 0 Å². The highest BCUT2D eigenvalue weighted by Crippen LogP contribution is 2.20. The standard InChI is InChI=1S/C14H14BrNO2S/c1-16(9-12(17)13-3-2-8-19-13)14(18)10-4-6-11(15)7-5-10/h2-8,12,17H,9H2,1H3. The molecule has 0 bridgehead atoms. The van der Waals surface area contributed by atoms with E-state index in [1.165, 1.54) is 16.2 Å². The normalized spacial score (nSPS) is 12.2. The maximum absolute atomic E-state index is 12.2. The fourth-order valence-corrected chi connectivity index (χ4v) is 2.69. The molecule has 1 amide bonds. The van der Waals surface area contributed by atoms with Gasteiger partial charge < -0.3 is 10.0 Å². The van der Waals surface area contributed by atoms with E-state index in [-0.39, 0.29) is 12.5 Å². The Hall–Kier alpha value is -1.17. The summed E-state index contributed by atoms with van der Waals surface area (Å²) >= 11 is 4.82. The van der Waals surface area contributed by atoms with Gasteiger partial charge in [0.2, 0.25) is 0 Å². The monoisotopic (exact) mass is 339 g/mol. The molecule has 0 saturated carbocycles. The number of likely N-dealkylation sites (N-methyl/N-ethyl adjacent to an activating group) is 1. The molecule has 0 fully saturated rings. The average Bonchev–Trinajstić information content (AvgIpc) is 2.92. The number of carbonyl (C=O) groups is 1. The molecule has 1 aromatic carbocycles. The van der Waals surface area contributed by atoms with Crippen molar-refractivity contribution in [3.05, 3.63) is 56.7 Å². The van der Waals surface area contributed by atoms with Gasteiger partial charge in [-0.2, -0.15) is 0 Å². The van der Waals surface area contributed by atoms with Gasteiger partial charge in [-0.1, -0.05) is 22.0 Å². The van der Waals surface area contributed by atoms with Crippen molar-refractivity contribution in [2.24, 2.45) is 0 Å². The van der Waals surface area contributed by atoms with Crippen LogP contribution in [0.4, 0.5) is 0 Å². The molecule has 2 rings (SSSR count). The molecule has 1 N–H and O–H groups in total. The maximum Gasteiger partial charge on any atom is 0.253 e. The number of halogens is 1. The molecule has 1 atom stereocenters. The van der Waals surface area contributed by atoms with E-state index < -0.39 is 6.10 Å². The van der Waals surface area contributed by atoms with Crippen LogP contribution >= 0.6 is 27.3 Å². The highest BCUT2D eigenvalue weighted by molar-refractivity contribution is 9.10. The molecule has 0 radical (unpaired) electrons. The predicted molar refractivity (Wildman–Crippen MR) is 80.4 cm³/mol. The van der Waals surface area contributed by atoms with Crippen LogP contribution in [0.2, 0.25) is 0 Å². The molecule has 0 aliphatic carbocycles. The lowest BCUT2D eigenvalue weighted by Crippen LogP contribution is -2.30. The summed E-state index contributed by atoms with van der Waals surface area (Å²) in [5.74, 6) is -0.0943. The number of rotatable bonds is 4. The summed E-state index contributed by atoms with van der Waals surface area (Å²) in [7, 11) is 1.70. The molecule has 1 unspecified atom stereocenters. The van der Waals surface area contributed by atoms with Crippen LogP contribution in [-0.4, -0.2) is 29.5 Å². The third kappa shape index (κ3) is 3.65. The Morgan fingerprint density at radius 1 is 1.37 bits per heavy atom. The molecule has 3 nitrogen and oxygen atoms in total. The van der Waals surface area contributed by atoms with E-state index in [9.17, 15) is 9.90 Å². The van der Waals surface area contributed by atoms with Crippen LogP contribution < -0.4 is 0 Å². The molecule has 0 spiro atoms. The SMILES string of the molecule is CN(CC(O)c1cccs1)C(=O)c1ccc(Br)cc1. The Labute approximate surface area is 124 Å². The van der Waals surface area contributed by atoms with Crippen LogP contribution in [-0.2, 0) is 0 Å². The van der Waals surface area contributed by atoms with Crippen LogP contribution in [0.25, 0.3) is 0 Å². The van der Waals surface area contributed by atoms with Gasteiger partial charge in [0.25, 0.3) is 5.91 Å². The highest BCUT2D eigenvalue weighted by atomic mass is 79.9. The number of thiophene rings is 1. The largest absolute Gasteiger partial charge is 0.386 e. The number of carbonyl (C=O) groups excluding carboxylic acids is 1. The van der Waals surface area contributed by atoms with Gasteiger partial charge in [0, 0.05) is 22.0 Å². The highest BCUT2D eigenvalue weighted by Gasteiger charge is 2.17. The minimum Gasteiger partial charge on any atom is -0.386 e. The summed E-state index contributed by atoms with van der Waals surface area (Å²) in [5, 5.41) is 11.9. The number of nitrogens with zero attached hydrogens (tertiary/aromatic N) is 1. The smallest absolute Gasteiger partial charge is 0.253 e. The van der Waals surface area contributed by atoms with Crippen LogP contribution in [0.1, 0.15) is 21.3 Å². The van der Waals surface area contributed by atoms with Gasteiger partial charge in [-0.3, -0.25) is 4.79 Å². The van der Waals surface area contributed by atoms with Crippen molar-refractivity contribution in [3.63, 3.8) is 0 Å². The quantitative estimate of drug-likeness (QED) is 0.928. The molecule has 2 aromatic rings. The second-order valence-corrected chi connectivity index (χ2v) is 6.12. The number of aliphatic hydroxyl groups excluding tert-OH is 1.